The van der Waals surface area contributed by atoms with Crippen molar-refractivity contribution in [2.45, 2.75) is 64.3 Å². The summed E-state index contributed by atoms with van der Waals surface area (Å²) in [4.78, 5) is 12.7. The molecular weight excluding hydrogens is 322 g/mol. The van der Waals surface area contributed by atoms with Gasteiger partial charge in [-0.2, -0.15) is 0 Å². The number of hydrogen-bond acceptors (Lipinski definition) is 2. The number of aromatic hydroxyl groups is 1. The van der Waals surface area contributed by atoms with Gasteiger partial charge in [-0.1, -0.05) is 61.7 Å². The SMILES string of the molecule is Cc1ccc([C@@H](CC(=O)NC2CCCCC2)c2ccccc2)c(O)c1C. The highest BCUT2D eigenvalue weighted by Crippen LogP contribution is 2.37. The van der Waals surface area contributed by atoms with Crippen LogP contribution in [-0.4, -0.2) is 17.1 Å². The van der Waals surface area contributed by atoms with Crippen molar-refractivity contribution in [1.29, 1.82) is 0 Å². The Morgan fingerprint density at radius 1 is 1.08 bits per heavy atom. The Labute approximate surface area is 156 Å². The Kier molecular flexibility index (Phi) is 5.97. The fourth-order valence-electron chi connectivity index (χ4n) is 3.91. The molecule has 1 atom stereocenters. The number of nitrogens with one attached hydrogen (secondary N) is 1. The Hall–Kier alpha value is -2.29. The number of aryl methyl sites for hydroxylation is 1. The van der Waals surface area contributed by atoms with Crippen LogP contribution in [0, 0.1) is 13.8 Å². The normalized spacial score (nSPS) is 16.2. The molecule has 26 heavy (non-hydrogen) atoms. The number of carbonyl (C=O) groups is 1. The summed E-state index contributed by atoms with van der Waals surface area (Å²) in [7, 11) is 0. The van der Waals surface area contributed by atoms with Crippen molar-refractivity contribution >= 4 is 5.91 Å². The molecule has 0 heterocycles. The molecule has 3 nitrogen and oxygen atoms in total. The third kappa shape index (κ3) is 4.27. The molecule has 3 rings (SSSR count). The molecular formula is C23H29NO2. The number of phenols is 1. The molecule has 2 aromatic rings. The van der Waals surface area contributed by atoms with Crippen molar-refractivity contribution in [2.24, 2.45) is 0 Å². The van der Waals surface area contributed by atoms with Crippen LogP contribution in [0.5, 0.6) is 5.75 Å². The lowest BCUT2D eigenvalue weighted by molar-refractivity contribution is -0.122. The van der Waals surface area contributed by atoms with Crippen LogP contribution in [-0.2, 0) is 4.79 Å². The smallest absolute Gasteiger partial charge is 0.221 e. The predicted octanol–water partition coefficient (Wildman–Crippen LogP) is 4.98. The van der Waals surface area contributed by atoms with Gasteiger partial charge in [0.1, 0.15) is 5.75 Å². The van der Waals surface area contributed by atoms with E-state index in [1.54, 1.807) is 0 Å². The maximum Gasteiger partial charge on any atom is 0.221 e. The molecule has 0 unspecified atom stereocenters. The Morgan fingerprint density at radius 2 is 1.77 bits per heavy atom. The average molecular weight is 351 g/mol. The predicted molar refractivity (Wildman–Crippen MR) is 105 cm³/mol. The van der Waals surface area contributed by atoms with Gasteiger partial charge in [0, 0.05) is 23.9 Å². The van der Waals surface area contributed by atoms with Crippen LogP contribution in [0.15, 0.2) is 42.5 Å². The molecule has 0 aliphatic heterocycles. The van der Waals surface area contributed by atoms with Gasteiger partial charge in [-0.05, 0) is 43.4 Å². The van der Waals surface area contributed by atoms with E-state index in [2.05, 4.69) is 5.32 Å². The van der Waals surface area contributed by atoms with Crippen LogP contribution < -0.4 is 5.32 Å². The maximum absolute atomic E-state index is 12.7. The third-order valence-electron chi connectivity index (χ3n) is 5.67. The van der Waals surface area contributed by atoms with Crippen LogP contribution in [0.4, 0.5) is 0 Å². The molecule has 0 bridgehead atoms. The molecule has 0 spiro atoms. The van der Waals surface area contributed by atoms with E-state index < -0.39 is 0 Å². The third-order valence-corrected chi connectivity index (χ3v) is 5.67. The summed E-state index contributed by atoms with van der Waals surface area (Å²) in [5.41, 5.74) is 3.84. The van der Waals surface area contributed by atoms with Gasteiger partial charge in [0.2, 0.25) is 5.91 Å². The number of carbonyl (C=O) groups excluding carboxylic acids is 1. The molecule has 2 N–H and O–H groups in total. The number of rotatable bonds is 5. The minimum atomic E-state index is -0.140. The second-order valence-corrected chi connectivity index (χ2v) is 7.52. The molecule has 3 heteroatoms. The summed E-state index contributed by atoms with van der Waals surface area (Å²) in [6, 6.07) is 14.3. The van der Waals surface area contributed by atoms with Crippen LogP contribution in [0.25, 0.3) is 0 Å². The van der Waals surface area contributed by atoms with Crippen molar-refractivity contribution in [3.8, 4) is 5.75 Å². The Morgan fingerprint density at radius 3 is 2.46 bits per heavy atom. The largest absolute Gasteiger partial charge is 0.507 e. The fraction of sp³-hybridized carbons (Fsp3) is 0.435. The lowest BCUT2D eigenvalue weighted by Gasteiger charge is -2.25. The van der Waals surface area contributed by atoms with Gasteiger partial charge in [-0.25, -0.2) is 0 Å². The standard InChI is InChI=1S/C23H29NO2/c1-16-13-14-20(23(26)17(16)2)21(18-9-5-3-6-10-18)15-22(25)24-19-11-7-4-8-12-19/h3,5-6,9-10,13-14,19,21,26H,4,7-8,11-12,15H2,1-2H3,(H,24,25)/t21-/m0/s1. The molecule has 0 radical (unpaired) electrons. The van der Waals surface area contributed by atoms with Crippen LogP contribution in [0.3, 0.4) is 0 Å². The maximum atomic E-state index is 12.7. The quantitative estimate of drug-likeness (QED) is 0.798. The molecule has 0 saturated heterocycles. The zero-order valence-corrected chi connectivity index (χ0v) is 15.8. The van der Waals surface area contributed by atoms with Gasteiger partial charge < -0.3 is 10.4 Å². The average Bonchev–Trinajstić information content (AvgIpc) is 2.66. The highest BCUT2D eigenvalue weighted by molar-refractivity contribution is 5.78. The second-order valence-electron chi connectivity index (χ2n) is 7.52. The van der Waals surface area contributed by atoms with Gasteiger partial charge in [0.25, 0.3) is 0 Å². The number of phenolic OH excluding ortho intramolecular Hbond substituents is 1. The summed E-state index contributed by atoms with van der Waals surface area (Å²) in [5, 5.41) is 13.9. The minimum absolute atomic E-state index is 0.0726. The van der Waals surface area contributed by atoms with E-state index in [1.165, 1.54) is 19.3 Å². The summed E-state index contributed by atoms with van der Waals surface area (Å²) < 4.78 is 0. The van der Waals surface area contributed by atoms with E-state index in [4.69, 9.17) is 0 Å². The number of hydrogen-bond donors (Lipinski definition) is 2. The van der Waals surface area contributed by atoms with E-state index in [0.29, 0.717) is 18.2 Å². The van der Waals surface area contributed by atoms with Crippen molar-refractivity contribution < 1.29 is 9.90 Å². The van der Waals surface area contributed by atoms with Crippen molar-refractivity contribution in [1.82, 2.24) is 5.32 Å². The molecule has 1 amide bonds. The van der Waals surface area contributed by atoms with Crippen molar-refractivity contribution in [2.75, 3.05) is 0 Å². The monoisotopic (exact) mass is 351 g/mol. The van der Waals surface area contributed by atoms with E-state index >= 15 is 0 Å². The summed E-state index contributed by atoms with van der Waals surface area (Å²) in [6.45, 7) is 3.92. The van der Waals surface area contributed by atoms with Crippen molar-refractivity contribution in [3.63, 3.8) is 0 Å². The van der Waals surface area contributed by atoms with E-state index in [-0.39, 0.29) is 11.8 Å². The topological polar surface area (TPSA) is 49.3 Å². The highest BCUT2D eigenvalue weighted by Gasteiger charge is 2.24. The molecule has 138 valence electrons. The molecule has 1 saturated carbocycles. The first-order valence-corrected chi connectivity index (χ1v) is 9.69. The van der Waals surface area contributed by atoms with E-state index in [9.17, 15) is 9.90 Å². The number of benzene rings is 2. The first-order chi connectivity index (χ1) is 12.6. The first kappa shape index (κ1) is 18.5. The van der Waals surface area contributed by atoms with Gasteiger partial charge in [0.05, 0.1) is 0 Å². The lowest BCUT2D eigenvalue weighted by Crippen LogP contribution is -2.36. The second kappa shape index (κ2) is 8.39. The lowest BCUT2D eigenvalue weighted by atomic mass is 9.85. The number of amides is 1. The van der Waals surface area contributed by atoms with Gasteiger partial charge >= 0.3 is 0 Å². The molecule has 0 aromatic heterocycles. The van der Waals surface area contributed by atoms with Gasteiger partial charge in [-0.15, -0.1) is 0 Å². The Balaban J connectivity index is 1.85. The van der Waals surface area contributed by atoms with Gasteiger partial charge in [0.15, 0.2) is 0 Å². The summed E-state index contributed by atoms with van der Waals surface area (Å²) in [6.07, 6.45) is 6.19. The van der Waals surface area contributed by atoms with Crippen LogP contribution >= 0.6 is 0 Å². The molecule has 2 aromatic carbocycles. The molecule has 1 aliphatic carbocycles. The van der Waals surface area contributed by atoms with Gasteiger partial charge in [-0.3, -0.25) is 4.79 Å². The van der Waals surface area contributed by atoms with E-state index in [0.717, 1.165) is 35.1 Å². The first-order valence-electron chi connectivity index (χ1n) is 9.69. The summed E-state index contributed by atoms with van der Waals surface area (Å²) in [5.74, 6) is 0.242. The van der Waals surface area contributed by atoms with E-state index in [1.807, 2.05) is 56.3 Å². The zero-order valence-electron chi connectivity index (χ0n) is 15.8. The Bertz CT molecular complexity index is 748. The van der Waals surface area contributed by atoms with Crippen LogP contribution in [0.1, 0.15) is 66.7 Å². The zero-order chi connectivity index (χ0) is 18.5. The summed E-state index contributed by atoms with van der Waals surface area (Å²) >= 11 is 0. The minimum Gasteiger partial charge on any atom is -0.507 e. The van der Waals surface area contributed by atoms with Crippen molar-refractivity contribution in [3.05, 3.63) is 64.7 Å². The molecule has 1 fully saturated rings. The fourth-order valence-corrected chi connectivity index (χ4v) is 3.91. The van der Waals surface area contributed by atoms with Crippen LogP contribution in [0.2, 0.25) is 0 Å². The highest BCUT2D eigenvalue weighted by atomic mass is 16.3. The molecule has 1 aliphatic rings.